The second-order valence-corrected chi connectivity index (χ2v) is 9.79. The summed E-state index contributed by atoms with van der Waals surface area (Å²) >= 11 is 3.38. The first kappa shape index (κ1) is 24.8. The monoisotopic (exact) mass is 513 g/mol. The van der Waals surface area contributed by atoms with Crippen LogP contribution in [0.15, 0.2) is 53.0 Å². The van der Waals surface area contributed by atoms with E-state index in [1.807, 2.05) is 12.1 Å². The van der Waals surface area contributed by atoms with E-state index in [4.69, 9.17) is 0 Å². The minimum absolute atomic E-state index is 0.0314. The molecule has 0 aromatic heterocycles. The average molecular weight is 514 g/mol. The minimum atomic E-state index is -3.89. The van der Waals surface area contributed by atoms with Crippen LogP contribution in [0.25, 0.3) is 0 Å². The van der Waals surface area contributed by atoms with Gasteiger partial charge < -0.3 is 10.2 Å². The van der Waals surface area contributed by atoms with Crippen molar-refractivity contribution in [2.24, 2.45) is 0 Å². The van der Waals surface area contributed by atoms with Crippen LogP contribution in [0.5, 0.6) is 0 Å². The van der Waals surface area contributed by atoms with Gasteiger partial charge in [0, 0.05) is 17.6 Å². The summed E-state index contributed by atoms with van der Waals surface area (Å²) in [6.45, 7) is 3.26. The summed E-state index contributed by atoms with van der Waals surface area (Å²) in [6.07, 6.45) is 0.942. The van der Waals surface area contributed by atoms with E-state index in [1.165, 1.54) is 23.1 Å². The van der Waals surface area contributed by atoms with Gasteiger partial charge in [0.25, 0.3) is 0 Å². The lowest BCUT2D eigenvalue weighted by Gasteiger charge is -2.31. The molecule has 1 N–H and O–H groups in total. The molecule has 2 amide bonds. The van der Waals surface area contributed by atoms with Crippen LogP contribution in [0.4, 0.5) is 10.1 Å². The lowest BCUT2D eigenvalue weighted by molar-refractivity contribution is -0.139. The summed E-state index contributed by atoms with van der Waals surface area (Å²) < 4.78 is 40.0. The summed E-state index contributed by atoms with van der Waals surface area (Å²) in [6, 6.07) is 11.4. The molecule has 0 spiro atoms. The van der Waals surface area contributed by atoms with Gasteiger partial charge in [-0.3, -0.25) is 13.9 Å². The fourth-order valence-electron chi connectivity index (χ4n) is 2.98. The van der Waals surface area contributed by atoms with E-state index < -0.39 is 34.3 Å². The molecule has 1 atom stereocenters. The second kappa shape index (κ2) is 10.7. The lowest BCUT2D eigenvalue weighted by atomic mass is 10.1. The highest BCUT2D eigenvalue weighted by atomic mass is 79.9. The number of likely N-dealkylation sites (N-methyl/N-ethyl adjacent to an activating group) is 1. The second-order valence-electron chi connectivity index (χ2n) is 6.97. The maximum atomic E-state index is 13.7. The molecular formula is C21H25BrFN3O4S. The van der Waals surface area contributed by atoms with E-state index in [0.29, 0.717) is 6.54 Å². The number of hydrogen-bond donors (Lipinski definition) is 1. The summed E-state index contributed by atoms with van der Waals surface area (Å²) in [7, 11) is -3.89. The van der Waals surface area contributed by atoms with E-state index in [0.717, 1.165) is 26.7 Å². The Bertz CT molecular complexity index is 1050. The Labute approximate surface area is 190 Å². The van der Waals surface area contributed by atoms with Crippen molar-refractivity contribution in [3.63, 3.8) is 0 Å². The Kier molecular flexibility index (Phi) is 8.58. The van der Waals surface area contributed by atoms with Crippen LogP contribution >= 0.6 is 15.9 Å². The number of nitrogens with zero attached hydrogens (tertiary/aromatic N) is 2. The zero-order valence-corrected chi connectivity index (χ0v) is 19.9. The smallest absolute Gasteiger partial charge is 0.244 e. The van der Waals surface area contributed by atoms with Gasteiger partial charge in [-0.25, -0.2) is 12.8 Å². The lowest BCUT2D eigenvalue weighted by Crippen LogP contribution is -2.51. The van der Waals surface area contributed by atoms with Gasteiger partial charge in [-0.15, -0.1) is 0 Å². The molecule has 31 heavy (non-hydrogen) atoms. The Morgan fingerprint density at radius 2 is 1.84 bits per heavy atom. The molecule has 168 valence electrons. The van der Waals surface area contributed by atoms with Gasteiger partial charge in [-0.05, 0) is 49.7 Å². The molecule has 0 saturated carbocycles. The van der Waals surface area contributed by atoms with Crippen molar-refractivity contribution >= 4 is 43.5 Å². The van der Waals surface area contributed by atoms with Crippen LogP contribution < -0.4 is 9.62 Å². The van der Waals surface area contributed by atoms with Crippen LogP contribution in [0, 0.1) is 5.82 Å². The van der Waals surface area contributed by atoms with E-state index in [-0.39, 0.29) is 18.1 Å². The Balaban J connectivity index is 2.38. The normalized spacial score (nSPS) is 12.2. The van der Waals surface area contributed by atoms with Gasteiger partial charge in [-0.1, -0.05) is 34.1 Å². The molecule has 0 aliphatic carbocycles. The fourth-order valence-corrected chi connectivity index (χ4v) is 4.27. The minimum Gasteiger partial charge on any atom is -0.355 e. The quantitative estimate of drug-likeness (QED) is 0.558. The van der Waals surface area contributed by atoms with Gasteiger partial charge in [0.1, 0.15) is 18.4 Å². The molecular weight excluding hydrogens is 489 g/mol. The molecule has 0 heterocycles. The van der Waals surface area contributed by atoms with E-state index in [1.54, 1.807) is 26.0 Å². The van der Waals surface area contributed by atoms with Gasteiger partial charge in [0.05, 0.1) is 11.9 Å². The van der Waals surface area contributed by atoms with E-state index in [2.05, 4.69) is 21.2 Å². The Hall–Kier alpha value is -2.46. The number of benzene rings is 2. The van der Waals surface area contributed by atoms with Crippen molar-refractivity contribution in [3.05, 3.63) is 64.4 Å². The maximum absolute atomic E-state index is 13.7. The number of halogens is 2. The third-order valence-electron chi connectivity index (χ3n) is 4.54. The van der Waals surface area contributed by atoms with E-state index >= 15 is 0 Å². The van der Waals surface area contributed by atoms with Gasteiger partial charge in [0.2, 0.25) is 21.8 Å². The number of sulfonamides is 1. The topological polar surface area (TPSA) is 86.8 Å². The van der Waals surface area contributed by atoms with Crippen LogP contribution in [0.2, 0.25) is 0 Å². The first-order valence-corrected chi connectivity index (χ1v) is 12.2. The Morgan fingerprint density at radius 3 is 2.42 bits per heavy atom. The highest BCUT2D eigenvalue weighted by Crippen LogP contribution is 2.20. The van der Waals surface area contributed by atoms with E-state index in [9.17, 15) is 22.4 Å². The number of nitrogens with one attached hydrogen (secondary N) is 1. The van der Waals surface area contributed by atoms with Crippen LogP contribution in [0.1, 0.15) is 19.4 Å². The molecule has 10 heteroatoms. The van der Waals surface area contributed by atoms with Gasteiger partial charge in [0.15, 0.2) is 0 Å². The molecule has 0 aliphatic rings. The average Bonchev–Trinajstić information content (AvgIpc) is 2.69. The predicted molar refractivity (Wildman–Crippen MR) is 121 cm³/mol. The molecule has 0 radical (unpaired) electrons. The first-order chi connectivity index (χ1) is 14.5. The van der Waals surface area contributed by atoms with Gasteiger partial charge >= 0.3 is 0 Å². The third kappa shape index (κ3) is 7.03. The maximum Gasteiger partial charge on any atom is 0.244 e. The number of hydrogen-bond acceptors (Lipinski definition) is 4. The van der Waals surface area contributed by atoms with Crippen LogP contribution in [0.3, 0.4) is 0 Å². The van der Waals surface area contributed by atoms with Crippen LogP contribution in [-0.2, 0) is 26.2 Å². The largest absolute Gasteiger partial charge is 0.355 e. The van der Waals surface area contributed by atoms with Crippen molar-refractivity contribution in [1.29, 1.82) is 0 Å². The number of anilines is 1. The molecule has 0 aliphatic heterocycles. The summed E-state index contributed by atoms with van der Waals surface area (Å²) in [5.74, 6) is -1.57. The molecule has 2 aromatic carbocycles. The molecule has 0 unspecified atom stereocenters. The zero-order valence-electron chi connectivity index (χ0n) is 17.5. The molecule has 7 nitrogen and oxygen atoms in total. The zero-order chi connectivity index (χ0) is 23.2. The van der Waals surface area contributed by atoms with Crippen molar-refractivity contribution in [2.75, 3.05) is 23.7 Å². The molecule has 0 fully saturated rings. The molecule has 2 aromatic rings. The number of amides is 2. The SMILES string of the molecule is CCNC(=O)[C@H](C)N(Cc1cccc(Br)c1)C(=O)CN(c1cccc(F)c1)S(C)(=O)=O. The number of carbonyl (C=O) groups excluding carboxylic acids is 2. The fraction of sp³-hybridized carbons (Fsp3) is 0.333. The summed E-state index contributed by atoms with van der Waals surface area (Å²) in [5, 5.41) is 2.68. The standard InChI is InChI=1S/C21H25BrFN3O4S/c1-4-24-21(28)15(2)25(13-16-7-5-8-17(22)11-16)20(27)14-26(31(3,29)30)19-10-6-9-18(23)12-19/h5-12,15H,4,13-14H2,1-3H3,(H,24,28)/t15-/m0/s1. The van der Waals surface area contributed by atoms with Crippen molar-refractivity contribution in [3.8, 4) is 0 Å². The third-order valence-corrected chi connectivity index (χ3v) is 6.17. The molecule has 0 bridgehead atoms. The van der Waals surface area contributed by atoms with Crippen molar-refractivity contribution in [1.82, 2.24) is 10.2 Å². The highest BCUT2D eigenvalue weighted by Gasteiger charge is 2.30. The Morgan fingerprint density at radius 1 is 1.16 bits per heavy atom. The number of rotatable bonds is 9. The molecule has 2 rings (SSSR count). The van der Waals surface area contributed by atoms with Crippen molar-refractivity contribution in [2.45, 2.75) is 26.4 Å². The van der Waals surface area contributed by atoms with Gasteiger partial charge in [-0.2, -0.15) is 0 Å². The van der Waals surface area contributed by atoms with Crippen LogP contribution in [-0.4, -0.2) is 50.5 Å². The molecule has 0 saturated heterocycles. The first-order valence-electron chi connectivity index (χ1n) is 9.57. The number of carbonyl (C=O) groups is 2. The summed E-state index contributed by atoms with van der Waals surface area (Å²) in [4.78, 5) is 27.0. The van der Waals surface area contributed by atoms with Crippen molar-refractivity contribution < 1.29 is 22.4 Å². The summed E-state index contributed by atoms with van der Waals surface area (Å²) in [5.41, 5.74) is 0.791. The predicted octanol–water partition coefficient (Wildman–Crippen LogP) is 2.91. The highest BCUT2D eigenvalue weighted by molar-refractivity contribution is 9.10.